The zero-order valence-electron chi connectivity index (χ0n) is 20.9. The fraction of sp³-hybridized carbons (Fsp3) is 0.708. The number of hydrogen-bond donors (Lipinski definition) is 1. The van der Waals surface area contributed by atoms with Gasteiger partial charge in [0.2, 0.25) is 5.91 Å². The molecule has 0 radical (unpaired) electrons. The number of nitrogens with two attached hydrogens (primary N) is 1. The molecule has 2 saturated heterocycles. The van der Waals surface area contributed by atoms with Gasteiger partial charge in [0.1, 0.15) is 6.10 Å². The van der Waals surface area contributed by atoms with E-state index in [0.717, 1.165) is 0 Å². The summed E-state index contributed by atoms with van der Waals surface area (Å²) in [5.74, 6) is -4.19. The van der Waals surface area contributed by atoms with E-state index in [1.165, 1.54) is 16.6 Å². The molecule has 0 aromatic carbocycles. The van der Waals surface area contributed by atoms with Crippen LogP contribution in [0.1, 0.15) is 37.7 Å². The first-order valence-electron chi connectivity index (χ1n) is 12.8. The highest BCUT2D eigenvalue weighted by atomic mass is 32.2. The SMILES string of the molecule is NCc1ccnc(S(=O)(=O)N2C[C@@H](C(=O)N3CCOCC3)C[C@@H](C3CCCCC3OC(=O)C(F)(F)F)C2)c1. The second-order valence-electron chi connectivity index (χ2n) is 10.0. The van der Waals surface area contributed by atoms with Crippen molar-refractivity contribution in [3.63, 3.8) is 0 Å². The third kappa shape index (κ3) is 6.46. The Balaban J connectivity index is 1.63. The van der Waals surface area contributed by atoms with Gasteiger partial charge in [-0.25, -0.2) is 18.2 Å². The molecular weight excluding hydrogens is 529 g/mol. The van der Waals surface area contributed by atoms with Crippen LogP contribution in [0.5, 0.6) is 0 Å². The van der Waals surface area contributed by atoms with Gasteiger partial charge in [0.05, 0.1) is 19.1 Å². The predicted molar refractivity (Wildman–Crippen MR) is 128 cm³/mol. The van der Waals surface area contributed by atoms with Crippen molar-refractivity contribution in [2.45, 2.75) is 56.0 Å². The van der Waals surface area contributed by atoms with Crippen molar-refractivity contribution in [2.24, 2.45) is 23.5 Å². The monoisotopic (exact) mass is 562 g/mol. The normalized spacial score (nSPS) is 27.6. The van der Waals surface area contributed by atoms with Crippen LogP contribution in [0.3, 0.4) is 0 Å². The van der Waals surface area contributed by atoms with E-state index < -0.39 is 46.0 Å². The first-order chi connectivity index (χ1) is 18.0. The standard InChI is InChI=1S/C24H33F3N4O6S/c25-24(26,27)23(33)37-20-4-2-1-3-19(20)17-12-18(22(32)30-7-9-36-10-8-30)15-31(14-17)38(34,35)21-11-16(13-28)5-6-29-21/h5-6,11,17-20H,1-4,7-10,12-15,28H2/t17-,18+,19?,20?/m1/s1. The summed E-state index contributed by atoms with van der Waals surface area (Å²) in [4.78, 5) is 30.8. The van der Waals surface area contributed by atoms with Gasteiger partial charge in [0.25, 0.3) is 10.0 Å². The maximum Gasteiger partial charge on any atom is 0.490 e. The predicted octanol–water partition coefficient (Wildman–Crippen LogP) is 1.69. The highest BCUT2D eigenvalue weighted by molar-refractivity contribution is 7.89. The number of carbonyl (C=O) groups is 2. The molecule has 3 fully saturated rings. The highest BCUT2D eigenvalue weighted by Crippen LogP contribution is 2.40. The molecule has 0 spiro atoms. The van der Waals surface area contributed by atoms with Crippen LogP contribution in [0.15, 0.2) is 23.4 Å². The molecule has 38 heavy (non-hydrogen) atoms. The average molecular weight is 563 g/mol. The number of carbonyl (C=O) groups excluding carboxylic acids is 2. The molecule has 3 aliphatic rings. The van der Waals surface area contributed by atoms with Crippen LogP contribution in [-0.2, 0) is 35.6 Å². The van der Waals surface area contributed by atoms with Crippen molar-refractivity contribution < 1.29 is 40.7 Å². The maximum absolute atomic E-state index is 13.7. The molecule has 1 saturated carbocycles. The number of hydrogen-bond acceptors (Lipinski definition) is 8. The van der Waals surface area contributed by atoms with Crippen LogP contribution in [0.2, 0.25) is 0 Å². The summed E-state index contributed by atoms with van der Waals surface area (Å²) in [6.45, 7) is 1.51. The van der Waals surface area contributed by atoms with Gasteiger partial charge in [-0.3, -0.25) is 4.79 Å². The van der Waals surface area contributed by atoms with E-state index in [2.05, 4.69) is 4.98 Å². The lowest BCUT2D eigenvalue weighted by molar-refractivity contribution is -0.210. The number of morpholine rings is 1. The first-order valence-corrected chi connectivity index (χ1v) is 14.2. The lowest BCUT2D eigenvalue weighted by Crippen LogP contribution is -2.54. The van der Waals surface area contributed by atoms with E-state index in [1.807, 2.05) is 0 Å². The number of aromatic nitrogens is 1. The smallest absolute Gasteiger partial charge is 0.455 e. The molecule has 2 aliphatic heterocycles. The van der Waals surface area contributed by atoms with Gasteiger partial charge in [0, 0.05) is 44.8 Å². The number of ether oxygens (including phenoxy) is 2. The molecule has 2 N–H and O–H groups in total. The number of piperidine rings is 1. The minimum atomic E-state index is -5.13. The molecule has 212 valence electrons. The van der Waals surface area contributed by atoms with Crippen molar-refractivity contribution in [3.05, 3.63) is 23.9 Å². The Morgan fingerprint density at radius 2 is 1.87 bits per heavy atom. The van der Waals surface area contributed by atoms with E-state index in [4.69, 9.17) is 15.2 Å². The van der Waals surface area contributed by atoms with E-state index in [-0.39, 0.29) is 43.4 Å². The number of pyridine rings is 1. The topological polar surface area (TPSA) is 132 Å². The van der Waals surface area contributed by atoms with Gasteiger partial charge >= 0.3 is 12.1 Å². The molecule has 10 nitrogen and oxygen atoms in total. The van der Waals surface area contributed by atoms with Gasteiger partial charge in [-0.2, -0.15) is 17.5 Å². The molecule has 3 heterocycles. The number of alkyl halides is 3. The molecule has 1 aliphatic carbocycles. The zero-order chi connectivity index (χ0) is 27.5. The second-order valence-corrected chi connectivity index (χ2v) is 11.9. The summed E-state index contributed by atoms with van der Waals surface area (Å²) in [6, 6.07) is 2.98. The summed E-state index contributed by atoms with van der Waals surface area (Å²) in [5, 5.41) is -0.206. The van der Waals surface area contributed by atoms with Crippen molar-refractivity contribution in [3.8, 4) is 0 Å². The van der Waals surface area contributed by atoms with Gasteiger partial charge in [-0.1, -0.05) is 6.42 Å². The molecule has 1 amide bonds. The summed E-state index contributed by atoms with van der Waals surface area (Å²) < 4.78 is 77.7. The minimum Gasteiger partial charge on any atom is -0.455 e. The quantitative estimate of drug-likeness (QED) is 0.518. The zero-order valence-corrected chi connectivity index (χ0v) is 21.8. The molecule has 2 unspecified atom stereocenters. The van der Waals surface area contributed by atoms with Gasteiger partial charge in [-0.05, 0) is 49.3 Å². The van der Waals surface area contributed by atoms with Crippen LogP contribution in [0, 0.1) is 17.8 Å². The van der Waals surface area contributed by atoms with Gasteiger partial charge < -0.3 is 20.1 Å². The average Bonchev–Trinajstić information content (AvgIpc) is 2.92. The van der Waals surface area contributed by atoms with E-state index in [1.54, 1.807) is 11.0 Å². The molecule has 1 aromatic heterocycles. The van der Waals surface area contributed by atoms with Crippen molar-refractivity contribution >= 4 is 21.9 Å². The second kappa shape index (κ2) is 11.8. The molecule has 14 heteroatoms. The molecule has 4 atom stereocenters. The molecule has 4 rings (SSSR count). The molecule has 0 bridgehead atoms. The maximum atomic E-state index is 13.7. The number of esters is 1. The Morgan fingerprint density at radius 1 is 1.16 bits per heavy atom. The molecular formula is C24H33F3N4O6S. The number of rotatable bonds is 6. The Bertz CT molecular complexity index is 1110. The van der Waals surface area contributed by atoms with Crippen molar-refractivity contribution in [1.82, 2.24) is 14.2 Å². The van der Waals surface area contributed by atoms with Crippen LogP contribution in [0.4, 0.5) is 13.2 Å². The fourth-order valence-corrected chi connectivity index (χ4v) is 7.21. The Hall–Kier alpha value is -2.29. The number of halogens is 3. The van der Waals surface area contributed by atoms with E-state index in [9.17, 15) is 31.2 Å². The third-order valence-corrected chi connectivity index (χ3v) is 9.34. The lowest BCUT2D eigenvalue weighted by atomic mass is 9.73. The first kappa shape index (κ1) is 28.7. The number of sulfonamides is 1. The Kier molecular flexibility index (Phi) is 8.95. The Labute approximate surface area is 219 Å². The number of nitrogens with zero attached hydrogens (tertiary/aromatic N) is 3. The van der Waals surface area contributed by atoms with Crippen LogP contribution < -0.4 is 5.73 Å². The molecule has 1 aromatic rings. The van der Waals surface area contributed by atoms with Crippen molar-refractivity contribution in [2.75, 3.05) is 39.4 Å². The lowest BCUT2D eigenvalue weighted by Gasteiger charge is -2.44. The number of amides is 1. The summed E-state index contributed by atoms with van der Waals surface area (Å²) in [5.41, 5.74) is 6.24. The summed E-state index contributed by atoms with van der Waals surface area (Å²) in [6.07, 6.45) is -2.50. The summed E-state index contributed by atoms with van der Waals surface area (Å²) >= 11 is 0. The van der Waals surface area contributed by atoms with Crippen molar-refractivity contribution in [1.29, 1.82) is 0 Å². The van der Waals surface area contributed by atoms with Crippen LogP contribution in [0.25, 0.3) is 0 Å². The fourth-order valence-electron chi connectivity index (χ4n) is 5.69. The van der Waals surface area contributed by atoms with E-state index >= 15 is 0 Å². The van der Waals surface area contributed by atoms with Gasteiger partial charge in [-0.15, -0.1) is 0 Å². The van der Waals surface area contributed by atoms with E-state index in [0.29, 0.717) is 51.1 Å². The highest BCUT2D eigenvalue weighted by Gasteiger charge is 2.48. The largest absolute Gasteiger partial charge is 0.490 e. The van der Waals surface area contributed by atoms with Crippen LogP contribution in [-0.4, -0.2) is 86.2 Å². The third-order valence-electron chi connectivity index (χ3n) is 7.61. The minimum absolute atomic E-state index is 0.0194. The Morgan fingerprint density at radius 3 is 2.55 bits per heavy atom. The van der Waals surface area contributed by atoms with Gasteiger partial charge in [0.15, 0.2) is 5.03 Å². The van der Waals surface area contributed by atoms with Crippen LogP contribution >= 0.6 is 0 Å². The summed E-state index contributed by atoms with van der Waals surface area (Å²) in [7, 11) is -4.14.